The quantitative estimate of drug-likeness (QED) is 0.0132. The first kappa shape index (κ1) is 100. The van der Waals surface area contributed by atoms with Crippen LogP contribution in [0.25, 0.3) is 61.9 Å². The lowest BCUT2D eigenvalue weighted by Gasteiger charge is -2.25. The highest BCUT2D eigenvalue weighted by molar-refractivity contribution is 6.32. The van der Waals surface area contributed by atoms with Gasteiger partial charge >= 0.3 is 6.18 Å². The number of alkyl halides is 3. The Labute approximate surface area is 747 Å². The van der Waals surface area contributed by atoms with Crippen LogP contribution in [0.15, 0.2) is 176 Å². The highest BCUT2D eigenvalue weighted by Crippen LogP contribution is 2.42. The van der Waals surface area contributed by atoms with Crippen LogP contribution >= 0.6 is 58.0 Å². The Bertz CT molecular complexity index is 5760. The molecule has 1 aliphatic carbocycles. The second-order valence-corrected chi connectivity index (χ2v) is 31.1. The number of rotatable bonds is 28. The van der Waals surface area contributed by atoms with Crippen molar-refractivity contribution in [2.24, 2.45) is 22.9 Å². The third-order valence-electron chi connectivity index (χ3n) is 19.0. The molecule has 5 aromatic heterocycles. The van der Waals surface area contributed by atoms with Gasteiger partial charge in [-0.3, -0.25) is 35.1 Å². The van der Waals surface area contributed by atoms with E-state index in [1.165, 1.54) is 134 Å². The third kappa shape index (κ3) is 26.8. The molecular formula is C87H83Cl5F8N12O15. The van der Waals surface area contributed by atoms with Gasteiger partial charge in [0.15, 0.2) is 28.5 Å². The van der Waals surface area contributed by atoms with Crippen LogP contribution in [0, 0.1) is 59.4 Å². The average molecular weight is 1870 g/mol. The van der Waals surface area contributed by atoms with Crippen molar-refractivity contribution < 1.29 is 93.0 Å². The lowest BCUT2D eigenvalue weighted by Crippen LogP contribution is -2.41. The van der Waals surface area contributed by atoms with Gasteiger partial charge in [-0.25, -0.2) is 46.9 Å². The van der Waals surface area contributed by atoms with E-state index in [4.69, 9.17) is 119 Å². The van der Waals surface area contributed by atoms with Gasteiger partial charge in [-0.2, -0.15) is 13.2 Å². The van der Waals surface area contributed by atoms with Gasteiger partial charge in [0.05, 0.1) is 118 Å². The molecule has 0 amide bonds. The largest absolute Gasteiger partial charge is 0.494 e. The van der Waals surface area contributed by atoms with Crippen molar-refractivity contribution in [3.05, 3.63) is 295 Å². The number of nitro groups is 3. The Balaban J connectivity index is 0.000000199. The minimum Gasteiger partial charge on any atom is -0.494 e. The number of aromatic nitrogens is 5. The van der Waals surface area contributed by atoms with Gasteiger partial charge in [0, 0.05) is 56.2 Å². The summed E-state index contributed by atoms with van der Waals surface area (Å²) in [4.78, 5) is 64.2. The molecule has 127 heavy (non-hydrogen) atoms. The number of hydrogen-bond donors (Lipinski definition) is 5. The first-order valence-corrected chi connectivity index (χ1v) is 39.5. The Kier molecular flexibility index (Phi) is 34.3. The van der Waals surface area contributed by atoms with E-state index in [1.807, 2.05) is 6.92 Å². The maximum absolute atomic E-state index is 13.7. The smallest absolute Gasteiger partial charge is 0.424 e. The van der Waals surface area contributed by atoms with E-state index in [0.29, 0.717) is 109 Å². The number of methoxy groups -OCH3 is 6. The van der Waals surface area contributed by atoms with Crippen molar-refractivity contribution in [3.8, 4) is 96.5 Å². The number of hydrogen-bond acceptors (Lipinski definition) is 24. The van der Waals surface area contributed by atoms with Gasteiger partial charge in [0.2, 0.25) is 19.3 Å². The third-order valence-corrected chi connectivity index (χ3v) is 20.4. The lowest BCUT2D eigenvalue weighted by molar-refractivity contribution is -0.501. The minimum absolute atomic E-state index is 0.0122. The summed E-state index contributed by atoms with van der Waals surface area (Å²) in [7, 11) is 8.78. The summed E-state index contributed by atoms with van der Waals surface area (Å²) < 4.78 is 144. The molecule has 4 unspecified atom stereocenters. The Hall–Kier alpha value is -12.0. The van der Waals surface area contributed by atoms with Crippen LogP contribution in [0.3, 0.4) is 0 Å². The van der Waals surface area contributed by atoms with Gasteiger partial charge in [-0.05, 0) is 217 Å². The molecule has 40 heteroatoms. The molecule has 672 valence electrons. The molecule has 4 atom stereocenters. The van der Waals surface area contributed by atoms with Crippen LogP contribution < -0.4 is 56.1 Å². The van der Waals surface area contributed by atoms with Gasteiger partial charge in [-0.1, -0.05) is 58.0 Å². The zero-order valence-corrected chi connectivity index (χ0v) is 73.0. The molecule has 0 bridgehead atoms. The number of carbonyl (C=O) groups is 1. The highest BCUT2D eigenvalue weighted by Gasteiger charge is 2.40. The summed E-state index contributed by atoms with van der Waals surface area (Å²) in [5, 5.41) is 41.8. The fraction of sp³-hybridized carbons (Fsp3) is 0.264. The number of allylic oxidation sites excluding steroid dienone is 1. The fourth-order valence-electron chi connectivity index (χ4n) is 11.8. The molecule has 5 heterocycles. The van der Waals surface area contributed by atoms with E-state index >= 15 is 0 Å². The number of halogens is 13. The molecule has 27 nitrogen and oxygen atoms in total. The zero-order valence-electron chi connectivity index (χ0n) is 69.2. The van der Waals surface area contributed by atoms with Crippen LogP contribution in [0.2, 0.25) is 25.1 Å². The average Bonchev–Trinajstić information content (AvgIpc) is 1.20. The van der Waals surface area contributed by atoms with E-state index in [2.05, 4.69) is 19.9 Å². The highest BCUT2D eigenvalue weighted by atomic mass is 35.5. The van der Waals surface area contributed by atoms with Crippen LogP contribution in [0.1, 0.15) is 92.2 Å². The molecule has 6 aromatic carbocycles. The van der Waals surface area contributed by atoms with Gasteiger partial charge in [-0.15, -0.1) is 0 Å². The van der Waals surface area contributed by atoms with Crippen LogP contribution in [0.4, 0.5) is 35.1 Å². The van der Waals surface area contributed by atoms with Crippen LogP contribution in [0.5, 0.6) is 40.2 Å². The van der Waals surface area contributed by atoms with Gasteiger partial charge in [0.25, 0.3) is 0 Å². The first-order chi connectivity index (χ1) is 59.7. The number of nitrogens with zero attached hydrogens (tertiary/aromatic N) is 8. The molecule has 1 aliphatic rings. The van der Waals surface area contributed by atoms with E-state index in [-0.39, 0.29) is 78.9 Å². The van der Waals surface area contributed by atoms with Crippen molar-refractivity contribution >= 4 is 69.4 Å². The predicted octanol–water partition coefficient (Wildman–Crippen LogP) is 19.4. The molecule has 12 rings (SSSR count). The number of ether oxygens (including phenoxy) is 7. The summed E-state index contributed by atoms with van der Waals surface area (Å²) in [6.07, 6.45) is -2.29. The SMILES string of the molecule is COc1cc(C(=O)CCC(C)(N)c2ccc(OC)c(-c3ccc(F)c(Cl)c3)n2)ccc1OC1CC1.COc1ccc(/C(=C/[N+](=O)[O-])C(F)(F)F)nc1-c1ccc(F)c(Cl)c1.COc1ccc(C(C)(N)CN)nc1-c1ccc(F)c(Cl)c1.COc1ccc(C(C)(N)C[N+](=O)[O-])nc1-c1ccc(F)c(Cl)c1.COc1ccc(C(C)(O)C[N+](=O)[O-])nc1-c1ccc(F)c(Cl)c1. The summed E-state index contributed by atoms with van der Waals surface area (Å²) in [6, 6.07) is 40.8. The number of carbonyl (C=O) groups excluding carboxylic acids is 1. The number of Topliss-reactive ketones (excluding diaryl/α,β-unsaturated/α-hetero) is 1. The normalized spacial score (nSPS) is 13.6. The molecule has 1 fully saturated rings. The molecule has 11 aromatic rings. The minimum atomic E-state index is -4.99. The fourth-order valence-corrected chi connectivity index (χ4v) is 12.7. The van der Waals surface area contributed by atoms with Crippen molar-refractivity contribution in [2.45, 2.75) is 87.9 Å². The molecule has 1 saturated carbocycles. The molecule has 0 saturated heterocycles. The topological polar surface area (TPSA) is 400 Å². The molecule has 0 radical (unpaired) electrons. The first-order valence-electron chi connectivity index (χ1n) is 37.6. The van der Waals surface area contributed by atoms with E-state index in [9.17, 15) is 75.4 Å². The number of benzene rings is 6. The maximum Gasteiger partial charge on any atom is 0.424 e. The van der Waals surface area contributed by atoms with E-state index in [0.717, 1.165) is 31.0 Å². The standard InChI is InChI=1S/C27H28ClFN2O4.C15H9ClF4N2O3.C15H15ClFN3O3.C15H17ClFN3O.C15H14ClFN2O4/c1-27(30,13-12-21(32)16-5-9-22(24(15-16)34-3)35-18-6-7-18)25-11-10-23(33-2)26(31-25)17-4-8-20(29)19(28)14-17;1-25-13-5-4-12(9(7-22(23)24)15(18,19)20)21-14(13)8-2-3-11(17)10(16)6-8;1-15(18,8-20(21)22)13-6-5-12(23-2)14(19-13)9-3-4-11(17)10(16)7-9;1-15(19,8-18)13-6-5-12(21-2)14(20-13)9-3-4-11(17)10(16)7-9;1-15(20,8-19(21)22)13-6-5-12(23-2)14(18-13)9-3-4-11(17)10(16)7-9/h4-5,8-11,14-15,18H,6-7,12-13,30H2,1-3H3;2-7H,1H3;3-7H,8,18H2,1-2H3;3-7H,8,18-19H2,1-2H3;3-7,20H,8H2,1-2H3/b;9-7-;;;. The molecular weight excluding hydrogens is 1780 g/mol. The Morgan fingerprint density at radius 1 is 0.441 bits per heavy atom. The predicted molar refractivity (Wildman–Crippen MR) is 464 cm³/mol. The number of ketones is 1. The number of nitrogens with two attached hydrogens (primary N) is 4. The molecule has 0 aliphatic heterocycles. The van der Waals surface area contributed by atoms with Crippen molar-refractivity contribution in [1.29, 1.82) is 0 Å². The van der Waals surface area contributed by atoms with Crippen molar-refractivity contribution in [3.63, 3.8) is 0 Å². The summed E-state index contributed by atoms with van der Waals surface area (Å²) in [6.45, 7) is 5.51. The monoisotopic (exact) mass is 1860 g/mol. The van der Waals surface area contributed by atoms with Crippen molar-refractivity contribution in [2.75, 3.05) is 62.3 Å². The maximum atomic E-state index is 13.7. The Morgan fingerprint density at radius 2 is 0.756 bits per heavy atom. The van der Waals surface area contributed by atoms with Crippen molar-refractivity contribution in [1.82, 2.24) is 24.9 Å². The zero-order chi connectivity index (χ0) is 94.0. The second kappa shape index (κ2) is 43.4. The van der Waals surface area contributed by atoms with E-state index < -0.39 is 96.6 Å². The summed E-state index contributed by atoms with van der Waals surface area (Å²) in [5.41, 5.74) is 23.7. The van der Waals surface area contributed by atoms with Crippen LogP contribution in [-0.4, -0.2) is 125 Å². The lowest BCUT2D eigenvalue weighted by atomic mass is 9.90. The van der Waals surface area contributed by atoms with Gasteiger partial charge in [0.1, 0.15) is 91.8 Å². The molecule has 9 N–H and O–H groups in total. The van der Waals surface area contributed by atoms with E-state index in [1.54, 1.807) is 80.8 Å². The number of aliphatic hydroxyl groups is 1. The summed E-state index contributed by atoms with van der Waals surface area (Å²) >= 11 is 29.1. The van der Waals surface area contributed by atoms with Gasteiger partial charge < -0.3 is 61.2 Å². The molecule has 0 spiro atoms. The van der Waals surface area contributed by atoms with Crippen LogP contribution in [-0.2, 0) is 22.2 Å². The second-order valence-electron chi connectivity index (χ2n) is 29.0. The summed E-state index contributed by atoms with van der Waals surface area (Å²) in [5.74, 6) is 0.213. The Morgan fingerprint density at radius 3 is 1.07 bits per heavy atom. The number of pyridine rings is 5.